The van der Waals surface area contributed by atoms with Gasteiger partial charge in [-0.15, -0.1) is 0 Å². The number of hydrogen-bond acceptors (Lipinski definition) is 3. The van der Waals surface area contributed by atoms with Gasteiger partial charge in [0.15, 0.2) is 0 Å². The summed E-state index contributed by atoms with van der Waals surface area (Å²) < 4.78 is 0. The summed E-state index contributed by atoms with van der Waals surface area (Å²) in [5, 5.41) is 3.19. The van der Waals surface area contributed by atoms with Gasteiger partial charge < -0.3 is 10.2 Å². The fraction of sp³-hybridized carbons (Fsp3) is 0.688. The number of pyridine rings is 1. The van der Waals surface area contributed by atoms with E-state index in [-0.39, 0.29) is 0 Å². The first-order valence-electron chi connectivity index (χ1n) is 7.45. The summed E-state index contributed by atoms with van der Waals surface area (Å²) in [5.74, 6) is 1.97. The molecule has 3 heteroatoms. The second-order valence-electron chi connectivity index (χ2n) is 5.98. The summed E-state index contributed by atoms with van der Waals surface area (Å²) in [4.78, 5) is 7.16. The van der Waals surface area contributed by atoms with Crippen LogP contribution in [0.4, 0.5) is 5.82 Å². The first-order chi connectivity index (χ1) is 9.11. The van der Waals surface area contributed by atoms with Crippen LogP contribution in [0.15, 0.2) is 12.1 Å². The molecular weight excluding hydrogens is 234 g/mol. The first-order valence-corrected chi connectivity index (χ1v) is 7.45. The fourth-order valence-electron chi connectivity index (χ4n) is 3.09. The molecule has 106 valence electrons. The number of nitrogens with zero attached hydrogens (tertiary/aromatic N) is 2. The first kappa shape index (κ1) is 14.3. The molecule has 2 unspecified atom stereocenters. The number of anilines is 1. The SMILES string of the molecule is CNCc1ccc(N(C)C2CCCC(C)C2)nc1C. The molecule has 19 heavy (non-hydrogen) atoms. The van der Waals surface area contributed by atoms with Crippen molar-refractivity contribution >= 4 is 5.82 Å². The van der Waals surface area contributed by atoms with Crippen molar-refractivity contribution in [3.63, 3.8) is 0 Å². The van der Waals surface area contributed by atoms with Gasteiger partial charge in [-0.05, 0) is 44.4 Å². The number of hydrogen-bond donors (Lipinski definition) is 1. The maximum absolute atomic E-state index is 4.78. The molecule has 3 nitrogen and oxygen atoms in total. The molecule has 1 N–H and O–H groups in total. The zero-order chi connectivity index (χ0) is 13.8. The van der Waals surface area contributed by atoms with E-state index in [2.05, 4.69) is 43.2 Å². The Morgan fingerprint density at radius 3 is 2.79 bits per heavy atom. The molecule has 0 bridgehead atoms. The van der Waals surface area contributed by atoms with Crippen molar-refractivity contribution in [3.8, 4) is 0 Å². The molecule has 1 heterocycles. The molecule has 1 aromatic heterocycles. The lowest BCUT2D eigenvalue weighted by molar-refractivity contribution is 0.335. The van der Waals surface area contributed by atoms with Gasteiger partial charge in [0.1, 0.15) is 5.82 Å². The average Bonchev–Trinajstić information content (AvgIpc) is 2.40. The largest absolute Gasteiger partial charge is 0.357 e. The highest BCUT2D eigenvalue weighted by Gasteiger charge is 2.23. The lowest BCUT2D eigenvalue weighted by atomic mass is 9.86. The lowest BCUT2D eigenvalue weighted by Gasteiger charge is -2.35. The molecule has 0 aromatic carbocycles. The molecule has 0 amide bonds. The van der Waals surface area contributed by atoms with Crippen LogP contribution in [0.1, 0.15) is 43.9 Å². The highest BCUT2D eigenvalue weighted by atomic mass is 15.2. The van der Waals surface area contributed by atoms with Crippen LogP contribution in [0.25, 0.3) is 0 Å². The van der Waals surface area contributed by atoms with E-state index in [4.69, 9.17) is 4.98 Å². The Morgan fingerprint density at radius 1 is 1.37 bits per heavy atom. The van der Waals surface area contributed by atoms with Crippen LogP contribution in [0, 0.1) is 12.8 Å². The zero-order valence-electron chi connectivity index (χ0n) is 12.7. The highest BCUT2D eigenvalue weighted by Crippen LogP contribution is 2.29. The Balaban J connectivity index is 2.10. The summed E-state index contributed by atoms with van der Waals surface area (Å²) in [6.45, 7) is 5.37. The van der Waals surface area contributed by atoms with Crippen LogP contribution in [0.3, 0.4) is 0 Å². The third-order valence-corrected chi connectivity index (χ3v) is 4.37. The molecule has 1 aliphatic carbocycles. The number of nitrogens with one attached hydrogen (secondary N) is 1. The third kappa shape index (κ3) is 3.47. The summed E-state index contributed by atoms with van der Waals surface area (Å²) in [6.07, 6.45) is 5.35. The van der Waals surface area contributed by atoms with Crippen molar-refractivity contribution in [2.24, 2.45) is 5.92 Å². The van der Waals surface area contributed by atoms with Gasteiger partial charge in [0, 0.05) is 25.3 Å². The smallest absolute Gasteiger partial charge is 0.128 e. The number of aryl methyl sites for hydroxylation is 1. The Kier molecular flexibility index (Phi) is 4.81. The van der Waals surface area contributed by atoms with E-state index in [9.17, 15) is 0 Å². The Morgan fingerprint density at radius 2 is 2.16 bits per heavy atom. The van der Waals surface area contributed by atoms with Crippen molar-refractivity contribution in [2.75, 3.05) is 19.0 Å². The topological polar surface area (TPSA) is 28.2 Å². The van der Waals surface area contributed by atoms with Crippen molar-refractivity contribution in [2.45, 2.75) is 52.1 Å². The molecule has 0 spiro atoms. The van der Waals surface area contributed by atoms with Gasteiger partial charge in [0.05, 0.1) is 0 Å². The standard InChI is InChI=1S/C16H27N3/c1-12-6-5-7-15(10-12)19(4)16-9-8-14(11-17-3)13(2)18-16/h8-9,12,15,17H,5-7,10-11H2,1-4H3. The van der Waals surface area contributed by atoms with Crippen LogP contribution in [-0.2, 0) is 6.54 Å². The highest BCUT2D eigenvalue weighted by molar-refractivity contribution is 5.42. The minimum atomic E-state index is 0.658. The minimum absolute atomic E-state index is 0.658. The molecule has 0 aliphatic heterocycles. The summed E-state index contributed by atoms with van der Waals surface area (Å²) in [5.41, 5.74) is 2.43. The predicted molar refractivity (Wildman–Crippen MR) is 81.6 cm³/mol. The fourth-order valence-corrected chi connectivity index (χ4v) is 3.09. The Bertz CT molecular complexity index is 416. The van der Waals surface area contributed by atoms with Crippen molar-refractivity contribution in [1.29, 1.82) is 0 Å². The van der Waals surface area contributed by atoms with E-state index in [0.717, 1.165) is 24.0 Å². The van der Waals surface area contributed by atoms with Crippen LogP contribution in [-0.4, -0.2) is 25.1 Å². The Hall–Kier alpha value is -1.09. The summed E-state index contributed by atoms with van der Waals surface area (Å²) >= 11 is 0. The van der Waals surface area contributed by atoms with Crippen molar-refractivity contribution < 1.29 is 0 Å². The molecule has 1 aromatic rings. The zero-order valence-corrected chi connectivity index (χ0v) is 12.7. The van der Waals surface area contributed by atoms with Gasteiger partial charge >= 0.3 is 0 Å². The normalized spacial score (nSPS) is 23.4. The van der Waals surface area contributed by atoms with Crippen LogP contribution in [0.5, 0.6) is 0 Å². The second kappa shape index (κ2) is 6.38. The van der Waals surface area contributed by atoms with Gasteiger partial charge in [-0.2, -0.15) is 0 Å². The van der Waals surface area contributed by atoms with Crippen LogP contribution >= 0.6 is 0 Å². The molecule has 2 atom stereocenters. The number of aromatic nitrogens is 1. The molecule has 1 fully saturated rings. The van der Waals surface area contributed by atoms with Crippen molar-refractivity contribution in [3.05, 3.63) is 23.4 Å². The van der Waals surface area contributed by atoms with E-state index in [0.29, 0.717) is 6.04 Å². The van der Waals surface area contributed by atoms with E-state index >= 15 is 0 Å². The van der Waals surface area contributed by atoms with Gasteiger partial charge in [-0.3, -0.25) is 0 Å². The quantitative estimate of drug-likeness (QED) is 0.902. The van der Waals surface area contributed by atoms with Crippen LogP contribution in [0.2, 0.25) is 0 Å². The predicted octanol–water partition coefficient (Wildman–Crippen LogP) is 3.12. The van der Waals surface area contributed by atoms with Gasteiger partial charge in [-0.1, -0.05) is 25.8 Å². The molecule has 0 radical (unpaired) electrons. The third-order valence-electron chi connectivity index (χ3n) is 4.37. The van der Waals surface area contributed by atoms with Gasteiger partial charge in [0.2, 0.25) is 0 Å². The maximum atomic E-state index is 4.78. The van der Waals surface area contributed by atoms with E-state index in [1.54, 1.807) is 0 Å². The summed E-state index contributed by atoms with van der Waals surface area (Å²) in [6, 6.07) is 5.03. The van der Waals surface area contributed by atoms with Gasteiger partial charge in [-0.25, -0.2) is 4.98 Å². The second-order valence-corrected chi connectivity index (χ2v) is 5.98. The van der Waals surface area contributed by atoms with E-state index in [1.807, 2.05) is 7.05 Å². The molecule has 1 aliphatic rings. The maximum Gasteiger partial charge on any atom is 0.128 e. The minimum Gasteiger partial charge on any atom is -0.357 e. The lowest BCUT2D eigenvalue weighted by Crippen LogP contribution is -2.36. The molecule has 0 saturated heterocycles. The van der Waals surface area contributed by atoms with Crippen LogP contribution < -0.4 is 10.2 Å². The molecular formula is C16H27N3. The Labute approximate surface area is 117 Å². The monoisotopic (exact) mass is 261 g/mol. The van der Waals surface area contributed by atoms with Crippen molar-refractivity contribution in [1.82, 2.24) is 10.3 Å². The van der Waals surface area contributed by atoms with E-state index in [1.165, 1.54) is 31.2 Å². The average molecular weight is 261 g/mol. The van der Waals surface area contributed by atoms with Gasteiger partial charge in [0.25, 0.3) is 0 Å². The van der Waals surface area contributed by atoms with E-state index < -0.39 is 0 Å². The summed E-state index contributed by atoms with van der Waals surface area (Å²) in [7, 11) is 4.17. The molecule has 1 saturated carbocycles. The molecule has 2 rings (SSSR count). The number of rotatable bonds is 4.